The first-order valence-corrected chi connectivity index (χ1v) is 12.1. The third kappa shape index (κ3) is 5.74. The van der Waals surface area contributed by atoms with E-state index in [4.69, 9.17) is 4.74 Å². The molecule has 4 nitrogen and oxygen atoms in total. The summed E-state index contributed by atoms with van der Waals surface area (Å²) in [5.41, 5.74) is 3.41. The van der Waals surface area contributed by atoms with Crippen LogP contribution in [0.25, 0.3) is 16.8 Å². The largest absolute Gasteiger partial charge is 0.487 e. The van der Waals surface area contributed by atoms with Gasteiger partial charge in [0.2, 0.25) is 0 Å². The minimum absolute atomic E-state index is 0.00476. The van der Waals surface area contributed by atoms with Crippen LogP contribution < -0.4 is 10.1 Å². The molecule has 0 heterocycles. The number of anilines is 1. The maximum absolute atomic E-state index is 12.6. The number of nitrogens with one attached hydrogen (secondary N) is 1. The number of amides is 1. The van der Waals surface area contributed by atoms with Crippen molar-refractivity contribution >= 4 is 60.3 Å². The van der Waals surface area contributed by atoms with Crippen molar-refractivity contribution in [2.24, 2.45) is 0 Å². The summed E-state index contributed by atoms with van der Waals surface area (Å²) in [6.45, 7) is 2.34. The van der Waals surface area contributed by atoms with Crippen LogP contribution in [0, 0.1) is 18.3 Å². The van der Waals surface area contributed by atoms with Gasteiger partial charge in [-0.3, -0.25) is 4.79 Å². The number of carbonyl (C=O) groups excluding carboxylic acids is 1. The molecule has 4 aromatic carbocycles. The fourth-order valence-corrected chi connectivity index (χ4v) is 4.97. The molecule has 1 N–H and O–H groups in total. The van der Waals surface area contributed by atoms with Crippen molar-refractivity contribution in [1.29, 1.82) is 5.26 Å². The molecule has 0 fully saturated rings. The average molecular weight is 576 g/mol. The van der Waals surface area contributed by atoms with E-state index in [1.807, 2.05) is 61.5 Å². The second-order valence-electron chi connectivity index (χ2n) is 7.78. The van der Waals surface area contributed by atoms with Crippen molar-refractivity contribution < 1.29 is 9.53 Å². The number of fused-ring (bicyclic) bond motifs is 1. The highest BCUT2D eigenvalue weighted by molar-refractivity contribution is 9.11. The van der Waals surface area contributed by atoms with Crippen LogP contribution in [0.4, 0.5) is 5.69 Å². The SMILES string of the molecule is Cc1cccc(NC(=O)/C(C#N)=C\c2cc(Br)c(OCc3ccc4ccccc4c3)c(Br)c2)c1. The zero-order valence-electron chi connectivity index (χ0n) is 18.3. The average Bonchev–Trinajstić information content (AvgIpc) is 2.82. The Balaban J connectivity index is 1.50. The first kappa shape index (κ1) is 23.7. The first-order valence-electron chi connectivity index (χ1n) is 10.5. The van der Waals surface area contributed by atoms with Crippen molar-refractivity contribution in [3.05, 3.63) is 110 Å². The number of nitriles is 1. The number of aryl methyl sites for hydroxylation is 1. The second kappa shape index (κ2) is 10.7. The quantitative estimate of drug-likeness (QED) is 0.188. The number of carbonyl (C=O) groups is 1. The van der Waals surface area contributed by atoms with Crippen LogP contribution in [0.1, 0.15) is 16.7 Å². The summed E-state index contributed by atoms with van der Waals surface area (Å²) < 4.78 is 7.49. The molecule has 0 saturated carbocycles. The van der Waals surface area contributed by atoms with E-state index < -0.39 is 5.91 Å². The van der Waals surface area contributed by atoms with E-state index in [2.05, 4.69) is 61.4 Å². The van der Waals surface area contributed by atoms with Gasteiger partial charge in [-0.1, -0.05) is 48.5 Å². The molecule has 0 aliphatic carbocycles. The van der Waals surface area contributed by atoms with Gasteiger partial charge in [0.15, 0.2) is 0 Å². The van der Waals surface area contributed by atoms with E-state index in [1.165, 1.54) is 5.39 Å². The molecule has 4 rings (SSSR count). The molecule has 168 valence electrons. The molecule has 0 saturated heterocycles. The van der Waals surface area contributed by atoms with Crippen LogP contribution >= 0.6 is 31.9 Å². The standard InChI is InChI=1S/C28H20Br2N2O2/c1-18-5-4-8-24(11-18)32-28(33)23(16-31)13-20-14-25(29)27(26(30)15-20)34-17-19-9-10-21-6-2-3-7-22(21)12-19/h2-15H,17H2,1H3,(H,32,33)/b23-13-. The maximum Gasteiger partial charge on any atom is 0.266 e. The number of hydrogen-bond donors (Lipinski definition) is 1. The number of benzene rings is 4. The Morgan fingerprint density at radius 1 is 0.971 bits per heavy atom. The summed E-state index contributed by atoms with van der Waals surface area (Å²) in [7, 11) is 0. The van der Waals surface area contributed by atoms with E-state index in [0.717, 1.165) is 16.5 Å². The Hall–Kier alpha value is -3.40. The normalized spacial score (nSPS) is 11.2. The van der Waals surface area contributed by atoms with Gasteiger partial charge in [-0.2, -0.15) is 5.26 Å². The zero-order valence-corrected chi connectivity index (χ0v) is 21.5. The van der Waals surface area contributed by atoms with Crippen molar-refractivity contribution in [2.45, 2.75) is 13.5 Å². The highest BCUT2D eigenvalue weighted by atomic mass is 79.9. The Kier molecular flexibility index (Phi) is 7.46. The molecule has 0 radical (unpaired) electrons. The molecule has 1 amide bonds. The molecule has 0 bridgehead atoms. The zero-order chi connectivity index (χ0) is 24.1. The monoisotopic (exact) mass is 574 g/mol. The number of ether oxygens (including phenoxy) is 1. The Morgan fingerprint density at radius 3 is 2.41 bits per heavy atom. The highest BCUT2D eigenvalue weighted by Crippen LogP contribution is 2.36. The van der Waals surface area contributed by atoms with E-state index in [1.54, 1.807) is 12.1 Å². The van der Waals surface area contributed by atoms with Crippen LogP contribution in [-0.2, 0) is 11.4 Å². The molecule has 4 aromatic rings. The van der Waals surface area contributed by atoms with Gasteiger partial charge >= 0.3 is 0 Å². The molecule has 0 spiro atoms. The summed E-state index contributed by atoms with van der Waals surface area (Å²) in [5.74, 6) is 0.185. The van der Waals surface area contributed by atoms with E-state index >= 15 is 0 Å². The first-order chi connectivity index (χ1) is 16.4. The maximum atomic E-state index is 12.6. The van der Waals surface area contributed by atoms with Crippen LogP contribution in [0.3, 0.4) is 0 Å². The van der Waals surface area contributed by atoms with Gasteiger partial charge in [0.05, 0.1) is 8.95 Å². The topological polar surface area (TPSA) is 62.1 Å². The Bertz CT molecular complexity index is 1430. The van der Waals surface area contributed by atoms with Crippen LogP contribution in [0.5, 0.6) is 5.75 Å². The molecule has 0 aromatic heterocycles. The lowest BCUT2D eigenvalue weighted by Gasteiger charge is -2.12. The van der Waals surface area contributed by atoms with Gasteiger partial charge in [-0.15, -0.1) is 0 Å². The lowest BCUT2D eigenvalue weighted by atomic mass is 10.1. The third-order valence-corrected chi connectivity index (χ3v) is 6.35. The van der Waals surface area contributed by atoms with Crippen LogP contribution in [0.2, 0.25) is 0 Å². The predicted octanol–water partition coefficient (Wildman–Crippen LogP) is 7.80. The molecular weight excluding hydrogens is 556 g/mol. The van der Waals surface area contributed by atoms with Crippen LogP contribution in [0.15, 0.2) is 93.4 Å². The number of hydrogen-bond acceptors (Lipinski definition) is 3. The van der Waals surface area contributed by atoms with E-state index in [9.17, 15) is 10.1 Å². The van der Waals surface area contributed by atoms with Gasteiger partial charge in [0.1, 0.15) is 24.0 Å². The lowest BCUT2D eigenvalue weighted by molar-refractivity contribution is -0.112. The minimum atomic E-state index is -0.461. The summed E-state index contributed by atoms with van der Waals surface area (Å²) in [4.78, 5) is 12.6. The van der Waals surface area contributed by atoms with Gasteiger partial charge in [0.25, 0.3) is 5.91 Å². The smallest absolute Gasteiger partial charge is 0.266 e. The molecular formula is C28H20Br2N2O2. The number of rotatable bonds is 6. The fourth-order valence-electron chi connectivity index (χ4n) is 3.52. The second-order valence-corrected chi connectivity index (χ2v) is 9.49. The van der Waals surface area contributed by atoms with Crippen molar-refractivity contribution in [1.82, 2.24) is 0 Å². The van der Waals surface area contributed by atoms with Gasteiger partial charge < -0.3 is 10.1 Å². The Labute approximate surface area is 215 Å². The summed E-state index contributed by atoms with van der Waals surface area (Å²) in [5, 5.41) is 14.7. The fraction of sp³-hybridized carbons (Fsp3) is 0.0714. The van der Waals surface area contributed by atoms with Gasteiger partial charge in [-0.05, 0) is 103 Å². The van der Waals surface area contributed by atoms with E-state index in [-0.39, 0.29) is 5.57 Å². The van der Waals surface area contributed by atoms with E-state index in [0.29, 0.717) is 32.6 Å². The lowest BCUT2D eigenvalue weighted by Crippen LogP contribution is -2.13. The molecule has 0 atom stereocenters. The van der Waals surface area contributed by atoms with Gasteiger partial charge in [0, 0.05) is 5.69 Å². The molecule has 34 heavy (non-hydrogen) atoms. The highest BCUT2D eigenvalue weighted by Gasteiger charge is 2.13. The third-order valence-electron chi connectivity index (χ3n) is 5.17. The molecule has 0 unspecified atom stereocenters. The predicted molar refractivity (Wildman–Crippen MR) is 144 cm³/mol. The summed E-state index contributed by atoms with van der Waals surface area (Å²) in [6.07, 6.45) is 1.55. The number of nitrogens with zero attached hydrogens (tertiary/aromatic N) is 1. The molecule has 0 aliphatic heterocycles. The minimum Gasteiger partial charge on any atom is -0.487 e. The van der Waals surface area contributed by atoms with Crippen LogP contribution in [-0.4, -0.2) is 5.91 Å². The van der Waals surface area contributed by atoms with Crippen molar-refractivity contribution in [2.75, 3.05) is 5.32 Å². The number of halogens is 2. The van der Waals surface area contributed by atoms with Crippen molar-refractivity contribution in [3.8, 4) is 11.8 Å². The van der Waals surface area contributed by atoms with Gasteiger partial charge in [-0.25, -0.2) is 0 Å². The summed E-state index contributed by atoms with van der Waals surface area (Å²) >= 11 is 7.11. The molecule has 6 heteroatoms. The van der Waals surface area contributed by atoms with Crippen molar-refractivity contribution in [3.63, 3.8) is 0 Å². The Morgan fingerprint density at radius 2 is 1.71 bits per heavy atom. The molecule has 0 aliphatic rings. The summed E-state index contributed by atoms with van der Waals surface area (Å²) in [6, 6.07) is 27.5.